The van der Waals surface area contributed by atoms with Crippen LogP contribution in [0.2, 0.25) is 0 Å². The third-order valence-corrected chi connectivity index (χ3v) is 3.73. The number of hydrogen-bond acceptors (Lipinski definition) is 2. The van der Waals surface area contributed by atoms with Crippen molar-refractivity contribution in [1.29, 1.82) is 0 Å². The molecule has 2 heteroatoms. The summed E-state index contributed by atoms with van der Waals surface area (Å²) in [5.74, 6) is 0. The smallest absolute Gasteiger partial charge is 0.0125 e. The Hall–Kier alpha value is -0.0800. The summed E-state index contributed by atoms with van der Waals surface area (Å²) in [6.07, 6.45) is 6.91. The molecule has 0 bridgehead atoms. The average molecular weight is 210 g/mol. The Morgan fingerprint density at radius 1 is 0.933 bits per heavy atom. The highest BCUT2D eigenvalue weighted by atomic mass is 15.2. The second-order valence-electron chi connectivity index (χ2n) is 6.23. The van der Waals surface area contributed by atoms with Crippen molar-refractivity contribution >= 4 is 0 Å². The zero-order valence-corrected chi connectivity index (χ0v) is 10.6. The number of rotatable bonds is 2. The molecular weight excluding hydrogens is 184 g/mol. The standard InChI is InChI=1S/C13H26N2/c1-13(2,3)15-9-4-5-11(8-10-15)14-12-6-7-12/h11-12,14H,4-10H2,1-3H3. The van der Waals surface area contributed by atoms with Gasteiger partial charge in [0.05, 0.1) is 0 Å². The lowest BCUT2D eigenvalue weighted by atomic mass is 10.1. The highest BCUT2D eigenvalue weighted by Gasteiger charge is 2.28. The molecule has 2 fully saturated rings. The Morgan fingerprint density at radius 2 is 1.60 bits per heavy atom. The van der Waals surface area contributed by atoms with Crippen molar-refractivity contribution < 1.29 is 0 Å². The monoisotopic (exact) mass is 210 g/mol. The molecule has 1 saturated heterocycles. The Bertz CT molecular complexity index is 203. The van der Waals surface area contributed by atoms with E-state index in [1.54, 1.807) is 0 Å². The van der Waals surface area contributed by atoms with Gasteiger partial charge in [0.15, 0.2) is 0 Å². The second kappa shape index (κ2) is 4.42. The maximum atomic E-state index is 3.78. The highest BCUT2D eigenvalue weighted by Crippen LogP contribution is 2.24. The molecule has 0 aromatic carbocycles. The number of nitrogens with one attached hydrogen (secondary N) is 1. The maximum absolute atomic E-state index is 3.78. The van der Waals surface area contributed by atoms with Gasteiger partial charge in [-0.1, -0.05) is 0 Å². The molecule has 0 amide bonds. The Kier molecular flexibility index (Phi) is 3.36. The van der Waals surface area contributed by atoms with Crippen molar-refractivity contribution in [1.82, 2.24) is 10.2 Å². The summed E-state index contributed by atoms with van der Waals surface area (Å²) in [6.45, 7) is 9.56. The summed E-state index contributed by atoms with van der Waals surface area (Å²) < 4.78 is 0. The first-order chi connectivity index (χ1) is 7.05. The van der Waals surface area contributed by atoms with Crippen molar-refractivity contribution in [3.63, 3.8) is 0 Å². The first-order valence-electron chi connectivity index (χ1n) is 6.57. The summed E-state index contributed by atoms with van der Waals surface area (Å²) in [4.78, 5) is 2.64. The zero-order chi connectivity index (χ0) is 10.9. The molecule has 1 atom stereocenters. The van der Waals surface area contributed by atoms with Gasteiger partial charge < -0.3 is 5.32 Å². The molecule has 88 valence electrons. The van der Waals surface area contributed by atoms with Crippen molar-refractivity contribution in [3.8, 4) is 0 Å². The van der Waals surface area contributed by atoms with Gasteiger partial charge >= 0.3 is 0 Å². The van der Waals surface area contributed by atoms with Crippen LogP contribution in [-0.2, 0) is 0 Å². The van der Waals surface area contributed by atoms with E-state index in [9.17, 15) is 0 Å². The van der Waals surface area contributed by atoms with E-state index in [4.69, 9.17) is 0 Å². The van der Waals surface area contributed by atoms with Crippen LogP contribution in [-0.4, -0.2) is 35.6 Å². The number of nitrogens with zero attached hydrogens (tertiary/aromatic N) is 1. The predicted octanol–water partition coefficient (Wildman–Crippen LogP) is 2.39. The highest BCUT2D eigenvalue weighted by molar-refractivity contribution is 4.88. The minimum absolute atomic E-state index is 0.356. The van der Waals surface area contributed by atoms with Gasteiger partial charge in [0.2, 0.25) is 0 Å². The van der Waals surface area contributed by atoms with E-state index >= 15 is 0 Å². The summed E-state index contributed by atoms with van der Waals surface area (Å²) in [7, 11) is 0. The average Bonchev–Trinajstić information content (AvgIpc) is 2.91. The van der Waals surface area contributed by atoms with E-state index in [2.05, 4.69) is 31.0 Å². The van der Waals surface area contributed by atoms with Gasteiger partial charge in [-0.05, 0) is 59.4 Å². The molecule has 1 unspecified atom stereocenters. The minimum atomic E-state index is 0.356. The van der Waals surface area contributed by atoms with Crippen LogP contribution in [0.4, 0.5) is 0 Å². The lowest BCUT2D eigenvalue weighted by Crippen LogP contribution is -2.42. The summed E-state index contributed by atoms with van der Waals surface area (Å²) >= 11 is 0. The molecule has 15 heavy (non-hydrogen) atoms. The Morgan fingerprint density at radius 3 is 2.20 bits per heavy atom. The van der Waals surface area contributed by atoms with Crippen LogP contribution in [0.15, 0.2) is 0 Å². The van der Waals surface area contributed by atoms with Gasteiger partial charge in [0.1, 0.15) is 0 Å². The van der Waals surface area contributed by atoms with Crippen LogP contribution in [0.3, 0.4) is 0 Å². The fourth-order valence-corrected chi connectivity index (χ4v) is 2.52. The van der Waals surface area contributed by atoms with E-state index in [1.165, 1.54) is 45.2 Å². The van der Waals surface area contributed by atoms with E-state index < -0.39 is 0 Å². The SMILES string of the molecule is CC(C)(C)N1CCCC(NC2CC2)CC1. The summed E-state index contributed by atoms with van der Waals surface area (Å²) in [5, 5.41) is 3.78. The van der Waals surface area contributed by atoms with Gasteiger partial charge in [0, 0.05) is 24.2 Å². The van der Waals surface area contributed by atoms with Crippen molar-refractivity contribution in [2.24, 2.45) is 0 Å². The lowest BCUT2D eigenvalue weighted by molar-refractivity contribution is 0.141. The normalized spacial score (nSPS) is 30.2. The fraction of sp³-hybridized carbons (Fsp3) is 1.00. The van der Waals surface area contributed by atoms with Crippen molar-refractivity contribution in [3.05, 3.63) is 0 Å². The molecule has 1 heterocycles. The number of likely N-dealkylation sites (tertiary alicyclic amines) is 1. The van der Waals surface area contributed by atoms with Crippen LogP contribution in [0.5, 0.6) is 0 Å². The summed E-state index contributed by atoms with van der Waals surface area (Å²) in [5.41, 5.74) is 0.356. The van der Waals surface area contributed by atoms with Gasteiger partial charge in [-0.25, -0.2) is 0 Å². The molecule has 1 N–H and O–H groups in total. The molecule has 0 spiro atoms. The quantitative estimate of drug-likeness (QED) is 0.753. The van der Waals surface area contributed by atoms with Crippen LogP contribution in [0.25, 0.3) is 0 Å². The second-order valence-corrected chi connectivity index (χ2v) is 6.23. The third-order valence-electron chi connectivity index (χ3n) is 3.73. The zero-order valence-electron chi connectivity index (χ0n) is 10.6. The molecule has 0 aromatic rings. The first-order valence-corrected chi connectivity index (χ1v) is 6.57. The molecule has 1 saturated carbocycles. The van der Waals surface area contributed by atoms with Gasteiger partial charge in [-0.3, -0.25) is 4.90 Å². The van der Waals surface area contributed by atoms with E-state index in [1.807, 2.05) is 0 Å². The molecule has 0 aromatic heterocycles. The third kappa shape index (κ3) is 3.46. The van der Waals surface area contributed by atoms with E-state index in [-0.39, 0.29) is 0 Å². The largest absolute Gasteiger partial charge is 0.311 e. The fourth-order valence-electron chi connectivity index (χ4n) is 2.52. The topological polar surface area (TPSA) is 15.3 Å². The molecule has 2 rings (SSSR count). The van der Waals surface area contributed by atoms with Gasteiger partial charge in [-0.2, -0.15) is 0 Å². The van der Waals surface area contributed by atoms with Crippen LogP contribution in [0.1, 0.15) is 52.9 Å². The molecule has 2 aliphatic rings. The van der Waals surface area contributed by atoms with Gasteiger partial charge in [0.25, 0.3) is 0 Å². The van der Waals surface area contributed by atoms with E-state index in [0.717, 1.165) is 12.1 Å². The molecule has 2 nitrogen and oxygen atoms in total. The van der Waals surface area contributed by atoms with Crippen LogP contribution < -0.4 is 5.32 Å². The van der Waals surface area contributed by atoms with E-state index in [0.29, 0.717) is 5.54 Å². The lowest BCUT2D eigenvalue weighted by Gasteiger charge is -2.34. The molecular formula is C13H26N2. The van der Waals surface area contributed by atoms with Gasteiger partial charge in [-0.15, -0.1) is 0 Å². The molecule has 0 radical (unpaired) electrons. The Balaban J connectivity index is 1.80. The Labute approximate surface area is 94.4 Å². The summed E-state index contributed by atoms with van der Waals surface area (Å²) in [6, 6.07) is 1.67. The predicted molar refractivity (Wildman–Crippen MR) is 65.1 cm³/mol. The van der Waals surface area contributed by atoms with Crippen molar-refractivity contribution in [2.75, 3.05) is 13.1 Å². The van der Waals surface area contributed by atoms with Crippen LogP contribution >= 0.6 is 0 Å². The molecule has 1 aliphatic heterocycles. The maximum Gasteiger partial charge on any atom is 0.0125 e. The first kappa shape index (κ1) is 11.4. The minimum Gasteiger partial charge on any atom is -0.311 e. The van der Waals surface area contributed by atoms with Crippen molar-refractivity contribution in [2.45, 2.75) is 70.5 Å². The van der Waals surface area contributed by atoms with Crippen LogP contribution in [0, 0.1) is 0 Å². The number of hydrogen-bond donors (Lipinski definition) is 1. The molecule has 1 aliphatic carbocycles.